The maximum Gasteiger partial charge on any atom is 0.166 e. The molecule has 28 heavy (non-hydrogen) atoms. The first-order valence-electron chi connectivity index (χ1n) is 9.87. The summed E-state index contributed by atoms with van der Waals surface area (Å²) in [5.74, 6) is 2.65. The molecule has 5 nitrogen and oxygen atoms in total. The molecular weight excluding hydrogens is 370 g/mol. The van der Waals surface area contributed by atoms with E-state index in [2.05, 4.69) is 28.9 Å². The van der Waals surface area contributed by atoms with Gasteiger partial charge < -0.3 is 14.4 Å². The largest absolute Gasteiger partial charge is 0.493 e. The summed E-state index contributed by atoms with van der Waals surface area (Å²) >= 11 is 1.85. The third-order valence-corrected chi connectivity index (χ3v) is 6.36. The summed E-state index contributed by atoms with van der Waals surface area (Å²) in [6.07, 6.45) is 2.99. The van der Waals surface area contributed by atoms with E-state index in [-0.39, 0.29) is 18.2 Å². The molecule has 0 bridgehead atoms. The van der Waals surface area contributed by atoms with Crippen molar-refractivity contribution in [3.63, 3.8) is 0 Å². The molecule has 1 aromatic carbocycles. The molecule has 3 heterocycles. The van der Waals surface area contributed by atoms with Crippen LogP contribution in [-0.2, 0) is 0 Å². The van der Waals surface area contributed by atoms with Crippen molar-refractivity contribution in [2.75, 3.05) is 12.9 Å². The number of methoxy groups -OCH3 is 1. The summed E-state index contributed by atoms with van der Waals surface area (Å²) in [5, 5.41) is 1.12. The zero-order chi connectivity index (χ0) is 19.7. The Bertz CT molecular complexity index is 856. The van der Waals surface area contributed by atoms with E-state index in [0.717, 1.165) is 40.1 Å². The van der Waals surface area contributed by atoms with E-state index in [1.165, 1.54) is 0 Å². The fraction of sp³-hybridized carbons (Fsp3) is 0.455. The summed E-state index contributed by atoms with van der Waals surface area (Å²) in [5.41, 5.74) is 2.10. The summed E-state index contributed by atoms with van der Waals surface area (Å²) in [4.78, 5) is 12.2. The van der Waals surface area contributed by atoms with Crippen molar-refractivity contribution in [2.24, 2.45) is 4.99 Å². The number of fused-ring (bicyclic) bond motifs is 1. The standard InChI is InChI=1S/C22H27N3O2S/c1-5-15-13-28-22-24-19(17-10-6-7-12-23-17)20(25(15)22)16-9-8-11-18(26-4)21(16)27-14(2)3/h6-12,14-15,19-20H,5,13H2,1-4H3/t15-,19+,20+/m1/s1. The predicted octanol–water partition coefficient (Wildman–Crippen LogP) is 4.86. The highest BCUT2D eigenvalue weighted by Crippen LogP contribution is 2.51. The van der Waals surface area contributed by atoms with E-state index in [4.69, 9.17) is 14.5 Å². The summed E-state index contributed by atoms with van der Waals surface area (Å²) in [6.45, 7) is 6.34. The second kappa shape index (κ2) is 8.03. The Morgan fingerprint density at radius 1 is 1.21 bits per heavy atom. The van der Waals surface area contributed by atoms with Gasteiger partial charge in [-0.1, -0.05) is 36.9 Å². The number of ether oxygens (including phenoxy) is 2. The molecule has 4 rings (SSSR count). The number of thioether (sulfide) groups is 1. The Kier molecular flexibility index (Phi) is 5.49. The van der Waals surface area contributed by atoms with Gasteiger partial charge in [0.2, 0.25) is 0 Å². The van der Waals surface area contributed by atoms with Gasteiger partial charge in [-0.25, -0.2) is 0 Å². The first-order valence-corrected chi connectivity index (χ1v) is 10.9. The average Bonchev–Trinajstić information content (AvgIpc) is 3.27. The van der Waals surface area contributed by atoms with E-state index >= 15 is 0 Å². The molecule has 0 N–H and O–H groups in total. The van der Waals surface area contributed by atoms with Gasteiger partial charge in [0.15, 0.2) is 16.7 Å². The zero-order valence-electron chi connectivity index (χ0n) is 16.8. The lowest BCUT2D eigenvalue weighted by atomic mass is 9.94. The van der Waals surface area contributed by atoms with Gasteiger partial charge in [-0.05, 0) is 38.5 Å². The molecule has 0 spiro atoms. The molecule has 1 saturated heterocycles. The molecule has 0 radical (unpaired) electrons. The lowest BCUT2D eigenvalue weighted by Crippen LogP contribution is -2.35. The molecule has 148 valence electrons. The molecule has 0 aliphatic carbocycles. The normalized spacial score (nSPS) is 23.7. The van der Waals surface area contributed by atoms with Crippen molar-refractivity contribution < 1.29 is 9.47 Å². The number of pyridine rings is 1. The van der Waals surface area contributed by atoms with Crippen molar-refractivity contribution in [1.29, 1.82) is 0 Å². The number of para-hydroxylation sites is 1. The van der Waals surface area contributed by atoms with Gasteiger partial charge in [0.05, 0.1) is 24.9 Å². The van der Waals surface area contributed by atoms with E-state index in [9.17, 15) is 0 Å². The monoisotopic (exact) mass is 397 g/mol. The molecule has 0 saturated carbocycles. The van der Waals surface area contributed by atoms with E-state index in [0.29, 0.717) is 6.04 Å². The Morgan fingerprint density at radius 3 is 2.75 bits per heavy atom. The molecule has 1 fully saturated rings. The van der Waals surface area contributed by atoms with Gasteiger partial charge in [0.25, 0.3) is 0 Å². The van der Waals surface area contributed by atoms with Crippen LogP contribution in [-0.4, -0.2) is 40.1 Å². The van der Waals surface area contributed by atoms with Crippen LogP contribution >= 0.6 is 11.8 Å². The van der Waals surface area contributed by atoms with Gasteiger partial charge in [-0.15, -0.1) is 0 Å². The van der Waals surface area contributed by atoms with Gasteiger partial charge in [-0.2, -0.15) is 0 Å². The molecule has 0 unspecified atom stereocenters. The minimum absolute atomic E-state index is 0.0497. The smallest absolute Gasteiger partial charge is 0.166 e. The van der Waals surface area contributed by atoms with Crippen molar-refractivity contribution in [2.45, 2.75) is 51.4 Å². The van der Waals surface area contributed by atoms with Crippen LogP contribution in [0.25, 0.3) is 0 Å². The van der Waals surface area contributed by atoms with Gasteiger partial charge >= 0.3 is 0 Å². The number of hydrogen-bond donors (Lipinski definition) is 0. The number of nitrogens with zero attached hydrogens (tertiary/aromatic N) is 3. The number of rotatable bonds is 6. The van der Waals surface area contributed by atoms with E-state index < -0.39 is 0 Å². The molecule has 3 atom stereocenters. The number of aliphatic imine (C=N–C) groups is 1. The van der Waals surface area contributed by atoms with Crippen LogP contribution in [0, 0.1) is 0 Å². The van der Waals surface area contributed by atoms with Crippen LogP contribution in [0.15, 0.2) is 47.6 Å². The van der Waals surface area contributed by atoms with E-state index in [1.54, 1.807) is 7.11 Å². The minimum Gasteiger partial charge on any atom is -0.493 e. The number of aromatic nitrogens is 1. The van der Waals surface area contributed by atoms with Crippen LogP contribution in [0.5, 0.6) is 11.5 Å². The molecule has 2 aliphatic rings. The highest BCUT2D eigenvalue weighted by molar-refractivity contribution is 8.14. The Labute approximate surface area is 171 Å². The third kappa shape index (κ3) is 3.34. The van der Waals surface area contributed by atoms with Crippen LogP contribution in [0.1, 0.15) is 50.5 Å². The average molecular weight is 398 g/mol. The van der Waals surface area contributed by atoms with Gasteiger partial charge in [0, 0.05) is 23.6 Å². The molecule has 2 aliphatic heterocycles. The lowest BCUT2D eigenvalue weighted by molar-refractivity contribution is 0.209. The molecule has 0 amide bonds. The zero-order valence-corrected chi connectivity index (χ0v) is 17.6. The molecule has 1 aromatic heterocycles. The topological polar surface area (TPSA) is 47.0 Å². The second-order valence-corrected chi connectivity index (χ2v) is 8.37. The summed E-state index contributed by atoms with van der Waals surface area (Å²) in [7, 11) is 1.69. The van der Waals surface area contributed by atoms with Crippen molar-refractivity contribution in [1.82, 2.24) is 9.88 Å². The Morgan fingerprint density at radius 2 is 2.07 bits per heavy atom. The fourth-order valence-electron chi connectivity index (χ4n) is 3.98. The van der Waals surface area contributed by atoms with Crippen LogP contribution in [0.4, 0.5) is 0 Å². The van der Waals surface area contributed by atoms with Crippen molar-refractivity contribution in [3.8, 4) is 11.5 Å². The Balaban J connectivity index is 1.85. The summed E-state index contributed by atoms with van der Waals surface area (Å²) in [6, 6.07) is 12.7. The van der Waals surface area contributed by atoms with E-state index in [1.807, 2.05) is 56.1 Å². The van der Waals surface area contributed by atoms with Crippen LogP contribution in [0.3, 0.4) is 0 Å². The maximum absolute atomic E-state index is 6.25. The van der Waals surface area contributed by atoms with Crippen LogP contribution < -0.4 is 9.47 Å². The number of hydrogen-bond acceptors (Lipinski definition) is 6. The first-order chi connectivity index (χ1) is 13.6. The minimum atomic E-state index is -0.0559. The SMILES string of the molecule is CC[C@@H]1CSC2=N[C@@H](c3ccccn3)[C@H](c3cccc(OC)c3OC(C)C)N21. The highest BCUT2D eigenvalue weighted by Gasteiger charge is 2.46. The van der Waals surface area contributed by atoms with Crippen molar-refractivity contribution in [3.05, 3.63) is 53.9 Å². The predicted molar refractivity (Wildman–Crippen MR) is 114 cm³/mol. The number of benzene rings is 1. The maximum atomic E-state index is 6.25. The van der Waals surface area contributed by atoms with Crippen LogP contribution in [0.2, 0.25) is 0 Å². The molecule has 2 aromatic rings. The number of amidine groups is 1. The summed E-state index contributed by atoms with van der Waals surface area (Å²) < 4.78 is 11.9. The Hall–Kier alpha value is -2.21. The lowest BCUT2D eigenvalue weighted by Gasteiger charge is -2.33. The first kappa shape index (κ1) is 19.1. The fourth-order valence-corrected chi connectivity index (χ4v) is 5.31. The second-order valence-electron chi connectivity index (χ2n) is 7.38. The van der Waals surface area contributed by atoms with Crippen molar-refractivity contribution >= 4 is 16.9 Å². The highest BCUT2D eigenvalue weighted by atomic mass is 32.2. The van der Waals surface area contributed by atoms with Gasteiger partial charge in [-0.3, -0.25) is 9.98 Å². The quantitative estimate of drug-likeness (QED) is 0.697. The molecule has 6 heteroatoms. The molecular formula is C22H27N3O2S. The third-order valence-electron chi connectivity index (χ3n) is 5.23. The van der Waals surface area contributed by atoms with Gasteiger partial charge in [0.1, 0.15) is 6.04 Å².